The van der Waals surface area contributed by atoms with Gasteiger partial charge in [0.1, 0.15) is 6.54 Å². The van der Waals surface area contributed by atoms with E-state index >= 15 is 0 Å². The molecule has 0 atom stereocenters. The summed E-state index contributed by atoms with van der Waals surface area (Å²) in [5, 5.41) is 1.90. The van der Waals surface area contributed by atoms with Crippen LogP contribution in [0, 0.1) is 0 Å². The molecule has 0 spiro atoms. The summed E-state index contributed by atoms with van der Waals surface area (Å²) in [4.78, 5) is 34.3. The number of hydrogen-bond donors (Lipinski definition) is 1. The van der Waals surface area contributed by atoms with Crippen LogP contribution in [0.3, 0.4) is 0 Å². The van der Waals surface area contributed by atoms with E-state index in [1.54, 1.807) is 23.1 Å². The summed E-state index contributed by atoms with van der Waals surface area (Å²) in [6.07, 6.45) is 4.40. The van der Waals surface area contributed by atoms with E-state index in [0.29, 0.717) is 36.6 Å². The minimum atomic E-state index is -0.264. The van der Waals surface area contributed by atoms with Crippen LogP contribution in [0.1, 0.15) is 67.6 Å². The largest absolute Gasteiger partial charge is 0.361 e. The second-order valence-corrected chi connectivity index (χ2v) is 12.4. The Morgan fingerprint density at radius 3 is 2.32 bits per heavy atom. The number of aromatic nitrogens is 1. The third kappa shape index (κ3) is 7.93. The van der Waals surface area contributed by atoms with Crippen molar-refractivity contribution >= 4 is 45.9 Å². The highest BCUT2D eigenvalue weighted by Crippen LogP contribution is 2.25. The molecule has 0 aliphatic carbocycles. The first kappa shape index (κ1) is 30.7. The lowest BCUT2D eigenvalue weighted by Gasteiger charge is -2.28. The summed E-state index contributed by atoms with van der Waals surface area (Å²) in [5.41, 5.74) is 4.93. The van der Waals surface area contributed by atoms with Gasteiger partial charge in [0.15, 0.2) is 0 Å². The number of H-pyrrole nitrogens is 1. The van der Waals surface area contributed by atoms with Crippen molar-refractivity contribution in [1.82, 2.24) is 14.8 Å². The molecule has 1 heterocycles. The Labute approximate surface area is 253 Å². The Morgan fingerprint density at radius 1 is 0.902 bits per heavy atom. The first-order valence-corrected chi connectivity index (χ1v) is 15.0. The molecule has 4 aromatic rings. The van der Waals surface area contributed by atoms with E-state index in [4.69, 9.17) is 23.2 Å². The molecule has 0 bridgehead atoms. The standard InChI is InChI=1S/C34H39Cl2N3O2/c1-5-6-18-39(33(41)29-16-15-27(35)20-30(29)36)23-32(40)38(22-24-11-13-26(14-12-24)34(2,3)4)19-17-25-21-37-31-10-8-7-9-28(25)31/h7-16,20-21,37H,5-6,17-19,22-23H2,1-4H3. The zero-order valence-corrected chi connectivity index (χ0v) is 25.9. The molecule has 0 saturated carbocycles. The van der Waals surface area contributed by atoms with Crippen molar-refractivity contribution in [2.45, 2.75) is 58.9 Å². The van der Waals surface area contributed by atoms with Crippen molar-refractivity contribution in [3.05, 3.63) is 105 Å². The van der Waals surface area contributed by atoms with Gasteiger partial charge in [0, 0.05) is 41.8 Å². The van der Waals surface area contributed by atoms with Crippen LogP contribution in [-0.2, 0) is 23.2 Å². The monoisotopic (exact) mass is 591 g/mol. The zero-order chi connectivity index (χ0) is 29.6. The van der Waals surface area contributed by atoms with Gasteiger partial charge in [-0.05, 0) is 59.2 Å². The molecule has 41 heavy (non-hydrogen) atoms. The Hall–Kier alpha value is -3.28. The molecule has 4 rings (SSSR count). The van der Waals surface area contributed by atoms with Gasteiger partial charge in [0.25, 0.3) is 5.91 Å². The SMILES string of the molecule is CCCCN(CC(=O)N(CCc1c[nH]c2ccccc12)Cc1ccc(C(C)(C)C)cc1)C(=O)c1ccc(Cl)cc1Cl. The van der Waals surface area contributed by atoms with Crippen molar-refractivity contribution in [2.75, 3.05) is 19.6 Å². The minimum Gasteiger partial charge on any atom is -0.361 e. The highest BCUT2D eigenvalue weighted by atomic mass is 35.5. The summed E-state index contributed by atoms with van der Waals surface area (Å²) in [5.74, 6) is -0.362. The van der Waals surface area contributed by atoms with E-state index in [1.165, 1.54) is 5.56 Å². The number of carbonyl (C=O) groups is 2. The summed E-state index contributed by atoms with van der Waals surface area (Å²) in [7, 11) is 0. The van der Waals surface area contributed by atoms with E-state index in [-0.39, 0.29) is 28.8 Å². The fraction of sp³-hybridized carbons (Fsp3) is 0.353. The molecular formula is C34H39Cl2N3O2. The number of hydrogen-bond acceptors (Lipinski definition) is 2. The average molecular weight is 593 g/mol. The van der Waals surface area contributed by atoms with Gasteiger partial charge in [-0.15, -0.1) is 0 Å². The van der Waals surface area contributed by atoms with E-state index in [0.717, 1.165) is 34.9 Å². The first-order valence-electron chi connectivity index (χ1n) is 14.2. The highest BCUT2D eigenvalue weighted by molar-refractivity contribution is 6.36. The molecule has 1 N–H and O–H groups in total. The number of benzene rings is 3. The molecule has 3 aromatic carbocycles. The highest BCUT2D eigenvalue weighted by Gasteiger charge is 2.24. The van der Waals surface area contributed by atoms with Gasteiger partial charge < -0.3 is 14.8 Å². The topological polar surface area (TPSA) is 56.4 Å². The number of unbranched alkanes of at least 4 members (excludes halogenated alkanes) is 1. The number of nitrogens with zero attached hydrogens (tertiary/aromatic N) is 2. The summed E-state index contributed by atoms with van der Waals surface area (Å²) >= 11 is 12.4. The van der Waals surface area contributed by atoms with E-state index in [1.807, 2.05) is 23.2 Å². The molecular weight excluding hydrogens is 553 g/mol. The predicted octanol–water partition coefficient (Wildman–Crippen LogP) is 8.29. The Morgan fingerprint density at radius 2 is 1.63 bits per heavy atom. The summed E-state index contributed by atoms with van der Waals surface area (Å²) < 4.78 is 0. The fourth-order valence-corrected chi connectivity index (χ4v) is 5.40. The van der Waals surface area contributed by atoms with Gasteiger partial charge in [-0.25, -0.2) is 0 Å². The lowest BCUT2D eigenvalue weighted by molar-refractivity contribution is -0.132. The average Bonchev–Trinajstić information content (AvgIpc) is 3.35. The molecule has 0 saturated heterocycles. The number of amides is 2. The van der Waals surface area contributed by atoms with Crippen molar-refractivity contribution in [3.63, 3.8) is 0 Å². The number of fused-ring (bicyclic) bond motifs is 1. The predicted molar refractivity (Wildman–Crippen MR) is 170 cm³/mol. The van der Waals surface area contributed by atoms with Gasteiger partial charge in [-0.2, -0.15) is 0 Å². The van der Waals surface area contributed by atoms with Crippen LogP contribution in [0.25, 0.3) is 10.9 Å². The van der Waals surface area contributed by atoms with Crippen molar-refractivity contribution in [3.8, 4) is 0 Å². The van der Waals surface area contributed by atoms with Crippen LogP contribution in [0.15, 0.2) is 72.9 Å². The van der Waals surface area contributed by atoms with Gasteiger partial charge >= 0.3 is 0 Å². The maximum Gasteiger partial charge on any atom is 0.255 e. The number of halogens is 2. The summed E-state index contributed by atoms with van der Waals surface area (Å²) in [6, 6.07) is 21.5. The number of nitrogens with one attached hydrogen (secondary N) is 1. The van der Waals surface area contributed by atoms with Crippen LogP contribution in [0.4, 0.5) is 0 Å². The smallest absolute Gasteiger partial charge is 0.255 e. The molecule has 0 fully saturated rings. The maximum atomic E-state index is 13.9. The number of carbonyl (C=O) groups excluding carboxylic acids is 2. The Bertz CT molecular complexity index is 1490. The van der Waals surface area contributed by atoms with Gasteiger partial charge in [0.05, 0.1) is 10.6 Å². The quantitative estimate of drug-likeness (QED) is 0.191. The van der Waals surface area contributed by atoms with E-state index < -0.39 is 0 Å². The van der Waals surface area contributed by atoms with E-state index in [2.05, 4.69) is 69.1 Å². The van der Waals surface area contributed by atoms with Gasteiger partial charge in [0.2, 0.25) is 5.91 Å². The third-order valence-electron chi connectivity index (χ3n) is 7.43. The molecule has 0 unspecified atom stereocenters. The fourth-order valence-electron chi connectivity index (χ4n) is 4.91. The van der Waals surface area contributed by atoms with Crippen LogP contribution in [-0.4, -0.2) is 46.2 Å². The molecule has 0 radical (unpaired) electrons. The lowest BCUT2D eigenvalue weighted by atomic mass is 9.87. The molecule has 216 valence electrons. The van der Waals surface area contributed by atoms with Crippen LogP contribution in [0.2, 0.25) is 10.0 Å². The zero-order valence-electron chi connectivity index (χ0n) is 24.3. The minimum absolute atomic E-state index is 0.0221. The molecule has 7 heteroatoms. The van der Waals surface area contributed by atoms with Crippen molar-refractivity contribution in [2.24, 2.45) is 0 Å². The van der Waals surface area contributed by atoms with Crippen molar-refractivity contribution < 1.29 is 9.59 Å². The van der Waals surface area contributed by atoms with Crippen LogP contribution < -0.4 is 0 Å². The number of para-hydroxylation sites is 1. The molecule has 1 aromatic heterocycles. The summed E-state index contributed by atoms with van der Waals surface area (Å²) in [6.45, 7) is 10.1. The lowest BCUT2D eigenvalue weighted by Crippen LogP contribution is -2.43. The van der Waals surface area contributed by atoms with Crippen LogP contribution in [0.5, 0.6) is 0 Å². The first-order chi connectivity index (χ1) is 19.6. The van der Waals surface area contributed by atoms with Crippen LogP contribution >= 0.6 is 23.2 Å². The Balaban J connectivity index is 1.57. The molecule has 2 amide bonds. The van der Waals surface area contributed by atoms with Gasteiger partial charge in [-0.1, -0.05) is 99.8 Å². The second-order valence-electron chi connectivity index (χ2n) is 11.6. The number of aromatic amines is 1. The second kappa shape index (κ2) is 13.6. The maximum absolute atomic E-state index is 13.9. The molecule has 5 nitrogen and oxygen atoms in total. The molecule has 0 aliphatic rings. The normalized spacial score (nSPS) is 11.6. The number of rotatable bonds is 11. The van der Waals surface area contributed by atoms with E-state index in [9.17, 15) is 9.59 Å². The Kier molecular flexibility index (Phi) is 10.2. The third-order valence-corrected chi connectivity index (χ3v) is 7.98. The van der Waals surface area contributed by atoms with Crippen molar-refractivity contribution in [1.29, 1.82) is 0 Å². The van der Waals surface area contributed by atoms with Gasteiger partial charge in [-0.3, -0.25) is 9.59 Å². The molecule has 0 aliphatic heterocycles.